The fourth-order valence-electron chi connectivity index (χ4n) is 1.89. The SMILES string of the molecule is N#Cc1cc(F)ccc1N1CCCNC(=O)C1. The number of nitrogens with zero attached hydrogens (tertiary/aromatic N) is 2. The maximum atomic E-state index is 13.0. The number of benzene rings is 1. The van der Waals surface area contributed by atoms with Gasteiger partial charge in [-0.3, -0.25) is 4.79 Å². The van der Waals surface area contributed by atoms with Gasteiger partial charge in [-0.05, 0) is 24.6 Å². The third kappa shape index (κ3) is 2.53. The van der Waals surface area contributed by atoms with Crippen molar-refractivity contribution in [2.75, 3.05) is 24.5 Å². The van der Waals surface area contributed by atoms with E-state index in [0.717, 1.165) is 6.42 Å². The number of nitrogens with one attached hydrogen (secondary N) is 1. The molecule has 1 saturated heterocycles. The highest BCUT2D eigenvalue weighted by molar-refractivity contribution is 5.82. The molecule has 1 amide bonds. The summed E-state index contributed by atoms with van der Waals surface area (Å²) in [4.78, 5) is 13.2. The van der Waals surface area contributed by atoms with E-state index in [2.05, 4.69) is 5.32 Å². The lowest BCUT2D eigenvalue weighted by atomic mass is 10.1. The average molecular weight is 233 g/mol. The summed E-state index contributed by atoms with van der Waals surface area (Å²) in [5.41, 5.74) is 0.880. The van der Waals surface area contributed by atoms with Crippen LogP contribution in [0.5, 0.6) is 0 Å². The van der Waals surface area contributed by atoms with Crippen molar-refractivity contribution in [2.45, 2.75) is 6.42 Å². The van der Waals surface area contributed by atoms with Crippen LogP contribution >= 0.6 is 0 Å². The van der Waals surface area contributed by atoms with E-state index >= 15 is 0 Å². The molecular weight excluding hydrogens is 221 g/mol. The fourth-order valence-corrected chi connectivity index (χ4v) is 1.89. The van der Waals surface area contributed by atoms with Gasteiger partial charge in [0.2, 0.25) is 5.91 Å². The van der Waals surface area contributed by atoms with E-state index in [1.165, 1.54) is 12.1 Å². The molecule has 0 radical (unpaired) electrons. The van der Waals surface area contributed by atoms with Crippen LogP contribution < -0.4 is 10.2 Å². The summed E-state index contributed by atoms with van der Waals surface area (Å²) < 4.78 is 13.0. The van der Waals surface area contributed by atoms with Gasteiger partial charge in [0.1, 0.15) is 11.9 Å². The minimum absolute atomic E-state index is 0.0734. The highest BCUT2D eigenvalue weighted by Crippen LogP contribution is 2.21. The summed E-state index contributed by atoms with van der Waals surface area (Å²) in [7, 11) is 0. The molecule has 0 saturated carbocycles. The number of anilines is 1. The zero-order valence-electron chi connectivity index (χ0n) is 9.24. The van der Waals surface area contributed by atoms with Crippen molar-refractivity contribution in [2.24, 2.45) is 0 Å². The Balaban J connectivity index is 2.32. The van der Waals surface area contributed by atoms with Gasteiger partial charge >= 0.3 is 0 Å². The predicted octanol–water partition coefficient (Wildman–Crippen LogP) is 1.02. The van der Waals surface area contributed by atoms with Crippen molar-refractivity contribution in [3.05, 3.63) is 29.6 Å². The van der Waals surface area contributed by atoms with Crippen molar-refractivity contribution >= 4 is 11.6 Å². The third-order valence-electron chi connectivity index (χ3n) is 2.68. The number of rotatable bonds is 1. The lowest BCUT2D eigenvalue weighted by Gasteiger charge is -2.22. The van der Waals surface area contributed by atoms with Crippen LogP contribution in [0.25, 0.3) is 0 Å². The highest BCUT2D eigenvalue weighted by Gasteiger charge is 2.17. The Hall–Kier alpha value is -2.09. The van der Waals surface area contributed by atoms with Gasteiger partial charge in [0, 0.05) is 13.1 Å². The molecule has 1 heterocycles. The van der Waals surface area contributed by atoms with Crippen molar-refractivity contribution < 1.29 is 9.18 Å². The van der Waals surface area contributed by atoms with Crippen molar-refractivity contribution in [3.63, 3.8) is 0 Å². The Morgan fingerprint density at radius 3 is 3.06 bits per heavy atom. The normalized spacial score (nSPS) is 16.0. The molecule has 1 aliphatic rings. The zero-order valence-corrected chi connectivity index (χ0v) is 9.24. The first-order chi connectivity index (χ1) is 8.20. The first-order valence-corrected chi connectivity index (χ1v) is 5.42. The second kappa shape index (κ2) is 4.83. The van der Waals surface area contributed by atoms with Crippen LogP contribution in [0.15, 0.2) is 18.2 Å². The molecule has 0 aliphatic carbocycles. The van der Waals surface area contributed by atoms with E-state index in [4.69, 9.17) is 5.26 Å². The quantitative estimate of drug-likeness (QED) is 0.788. The maximum absolute atomic E-state index is 13.0. The van der Waals surface area contributed by atoms with Gasteiger partial charge < -0.3 is 10.2 Å². The summed E-state index contributed by atoms with van der Waals surface area (Å²) in [6, 6.07) is 6.00. The predicted molar refractivity (Wildman–Crippen MR) is 61.0 cm³/mol. The van der Waals surface area contributed by atoms with Gasteiger partial charge in [-0.2, -0.15) is 5.26 Å². The molecule has 0 spiro atoms. The van der Waals surface area contributed by atoms with Crippen LogP contribution in [0.2, 0.25) is 0 Å². The lowest BCUT2D eigenvalue weighted by Crippen LogP contribution is -2.33. The lowest BCUT2D eigenvalue weighted by molar-refractivity contribution is -0.119. The molecule has 1 aromatic carbocycles. The standard InChI is InChI=1S/C12H12FN3O/c13-10-2-3-11(9(6-10)7-14)16-5-1-4-15-12(17)8-16/h2-3,6H,1,4-5,8H2,(H,15,17). The van der Waals surface area contributed by atoms with Crippen LogP contribution in [-0.2, 0) is 4.79 Å². The summed E-state index contributed by atoms with van der Waals surface area (Å²) >= 11 is 0. The molecule has 1 fully saturated rings. The van der Waals surface area contributed by atoms with Crippen LogP contribution in [-0.4, -0.2) is 25.5 Å². The molecule has 1 aromatic rings. The second-order valence-corrected chi connectivity index (χ2v) is 3.90. The first-order valence-electron chi connectivity index (χ1n) is 5.42. The third-order valence-corrected chi connectivity index (χ3v) is 2.68. The molecule has 5 heteroatoms. The number of carbonyl (C=O) groups is 1. The highest BCUT2D eigenvalue weighted by atomic mass is 19.1. The van der Waals surface area contributed by atoms with Crippen molar-refractivity contribution in [3.8, 4) is 6.07 Å². The molecule has 0 unspecified atom stereocenters. The Labute approximate surface area is 98.6 Å². The summed E-state index contributed by atoms with van der Waals surface area (Å²) in [6.07, 6.45) is 0.813. The topological polar surface area (TPSA) is 56.1 Å². The first kappa shape index (κ1) is 11.4. The van der Waals surface area contributed by atoms with Gasteiger partial charge in [-0.1, -0.05) is 0 Å². The number of halogens is 1. The summed E-state index contributed by atoms with van der Waals surface area (Å²) in [5.74, 6) is -0.514. The minimum atomic E-state index is -0.440. The van der Waals surface area contributed by atoms with E-state index in [0.29, 0.717) is 18.8 Å². The monoisotopic (exact) mass is 233 g/mol. The van der Waals surface area contributed by atoms with Crippen LogP contribution in [0, 0.1) is 17.1 Å². The number of amides is 1. The molecule has 1 N–H and O–H groups in total. The van der Waals surface area contributed by atoms with E-state index < -0.39 is 5.82 Å². The molecule has 88 valence electrons. The molecule has 1 aliphatic heterocycles. The maximum Gasteiger partial charge on any atom is 0.239 e. The number of hydrogen-bond donors (Lipinski definition) is 1. The smallest absolute Gasteiger partial charge is 0.239 e. The summed E-state index contributed by atoms with van der Waals surface area (Å²) in [5, 5.41) is 11.7. The molecule has 17 heavy (non-hydrogen) atoms. The average Bonchev–Trinajstić information content (AvgIpc) is 2.53. The van der Waals surface area contributed by atoms with E-state index in [9.17, 15) is 9.18 Å². The fraction of sp³-hybridized carbons (Fsp3) is 0.333. The van der Waals surface area contributed by atoms with Gasteiger partial charge in [-0.15, -0.1) is 0 Å². The molecule has 0 aromatic heterocycles. The second-order valence-electron chi connectivity index (χ2n) is 3.90. The van der Waals surface area contributed by atoms with Crippen molar-refractivity contribution in [1.82, 2.24) is 5.32 Å². The largest absolute Gasteiger partial charge is 0.361 e. The van der Waals surface area contributed by atoms with E-state index in [-0.39, 0.29) is 18.0 Å². The van der Waals surface area contributed by atoms with Gasteiger partial charge in [0.25, 0.3) is 0 Å². The minimum Gasteiger partial charge on any atom is -0.361 e. The Bertz CT molecular complexity index is 481. The van der Waals surface area contributed by atoms with Crippen LogP contribution in [0.4, 0.5) is 10.1 Å². The van der Waals surface area contributed by atoms with Gasteiger partial charge in [0.05, 0.1) is 17.8 Å². The van der Waals surface area contributed by atoms with Crippen LogP contribution in [0.3, 0.4) is 0 Å². The zero-order chi connectivity index (χ0) is 12.3. The van der Waals surface area contributed by atoms with Crippen LogP contribution in [0.1, 0.15) is 12.0 Å². The molecule has 0 atom stereocenters. The van der Waals surface area contributed by atoms with E-state index in [1.807, 2.05) is 6.07 Å². The molecule has 4 nitrogen and oxygen atoms in total. The van der Waals surface area contributed by atoms with Gasteiger partial charge in [0.15, 0.2) is 0 Å². The Morgan fingerprint density at radius 2 is 2.29 bits per heavy atom. The Kier molecular flexibility index (Phi) is 3.24. The van der Waals surface area contributed by atoms with E-state index in [1.54, 1.807) is 11.0 Å². The number of hydrogen-bond acceptors (Lipinski definition) is 3. The Morgan fingerprint density at radius 1 is 1.47 bits per heavy atom. The molecular formula is C12H12FN3O. The molecule has 2 rings (SSSR count). The molecule has 0 bridgehead atoms. The summed E-state index contributed by atoms with van der Waals surface area (Å²) in [6.45, 7) is 1.53. The number of carbonyl (C=O) groups excluding carboxylic acids is 1. The number of nitriles is 1. The van der Waals surface area contributed by atoms with Gasteiger partial charge in [-0.25, -0.2) is 4.39 Å². The van der Waals surface area contributed by atoms with Crippen molar-refractivity contribution in [1.29, 1.82) is 5.26 Å².